The number of imidazole rings is 1. The molecule has 0 aliphatic heterocycles. The van der Waals surface area contributed by atoms with E-state index in [1.54, 1.807) is 6.92 Å². The fourth-order valence-electron chi connectivity index (χ4n) is 5.65. The molecule has 10 nitrogen and oxygen atoms in total. The summed E-state index contributed by atoms with van der Waals surface area (Å²) in [5.74, 6) is -0.934. The molecule has 2 heterocycles. The standard InChI is InChI=1S/C30H42N6O4/c1-5-36-17-20(22-13-9-10-14-25(22)36)16-23(27-31-19(4)26(35-27)29(38)39)33-28(37)24(15-18(2)3)34-30(40)32-21-11-7-6-8-12-21/h9-10,13-14,17-18,21,23-24H,5-8,11-12,15-16H2,1-4H3,(H,31,35)(H,33,37)(H,38,39)(H2,32,34,40)/t23-,24?/m1/s1. The van der Waals surface area contributed by atoms with Gasteiger partial charge in [0.1, 0.15) is 11.9 Å². The number of aromatic carboxylic acids is 1. The van der Waals surface area contributed by atoms with Crippen LogP contribution in [0.15, 0.2) is 30.5 Å². The Hall–Kier alpha value is -3.82. The first kappa shape index (κ1) is 29.2. The number of aryl methyl sites for hydroxylation is 2. The molecule has 3 aromatic rings. The van der Waals surface area contributed by atoms with E-state index in [0.717, 1.165) is 48.7 Å². The van der Waals surface area contributed by atoms with Gasteiger partial charge < -0.3 is 30.6 Å². The van der Waals surface area contributed by atoms with Gasteiger partial charge in [-0.05, 0) is 50.7 Å². The Bertz CT molecular complexity index is 1340. The minimum atomic E-state index is -1.13. The molecule has 0 saturated heterocycles. The SMILES string of the molecule is CCn1cc(C[C@@H](NC(=O)C(CC(C)C)NC(=O)NC2CCCCC2)c2nc(C(=O)O)c(C)[nH]2)c2ccccc21. The van der Waals surface area contributed by atoms with Crippen LogP contribution in [-0.4, -0.2) is 49.6 Å². The molecule has 1 unspecified atom stereocenters. The van der Waals surface area contributed by atoms with Crippen molar-refractivity contribution in [3.8, 4) is 0 Å². The van der Waals surface area contributed by atoms with Crippen LogP contribution >= 0.6 is 0 Å². The number of carbonyl (C=O) groups excluding carboxylic acids is 2. The molecule has 5 N–H and O–H groups in total. The van der Waals surface area contributed by atoms with Gasteiger partial charge in [-0.25, -0.2) is 14.6 Å². The second-order valence-electron chi connectivity index (χ2n) is 11.3. The quantitative estimate of drug-likeness (QED) is 0.232. The molecule has 0 spiro atoms. The molecule has 1 aromatic carbocycles. The highest BCUT2D eigenvalue weighted by Gasteiger charge is 2.29. The zero-order valence-electron chi connectivity index (χ0n) is 23.9. The average molecular weight is 551 g/mol. The number of aromatic nitrogens is 3. The molecule has 0 radical (unpaired) electrons. The van der Waals surface area contributed by atoms with E-state index < -0.39 is 18.1 Å². The molecule has 1 aliphatic carbocycles. The van der Waals surface area contributed by atoms with Gasteiger partial charge in [0.2, 0.25) is 5.91 Å². The molecule has 4 rings (SSSR count). The number of para-hydroxylation sites is 1. The van der Waals surface area contributed by atoms with Gasteiger partial charge in [-0.2, -0.15) is 0 Å². The zero-order chi connectivity index (χ0) is 28.8. The van der Waals surface area contributed by atoms with Crippen LogP contribution in [0.3, 0.4) is 0 Å². The number of hydrogen-bond acceptors (Lipinski definition) is 4. The van der Waals surface area contributed by atoms with Crippen LogP contribution < -0.4 is 16.0 Å². The second kappa shape index (κ2) is 13.0. The van der Waals surface area contributed by atoms with Crippen LogP contribution in [0.2, 0.25) is 0 Å². The first-order chi connectivity index (χ1) is 19.2. The molecule has 1 fully saturated rings. The molecule has 2 aromatic heterocycles. The highest BCUT2D eigenvalue weighted by Crippen LogP contribution is 2.27. The molecular weight excluding hydrogens is 508 g/mol. The van der Waals surface area contributed by atoms with E-state index in [-0.39, 0.29) is 29.6 Å². The van der Waals surface area contributed by atoms with Crippen molar-refractivity contribution in [1.82, 2.24) is 30.5 Å². The smallest absolute Gasteiger partial charge is 0.356 e. The Morgan fingerprint density at radius 2 is 1.85 bits per heavy atom. The maximum absolute atomic E-state index is 13.7. The van der Waals surface area contributed by atoms with Crippen LogP contribution in [0.5, 0.6) is 0 Å². The minimum Gasteiger partial charge on any atom is -0.476 e. The first-order valence-corrected chi connectivity index (χ1v) is 14.4. The van der Waals surface area contributed by atoms with Crippen LogP contribution in [0.25, 0.3) is 10.9 Å². The summed E-state index contributed by atoms with van der Waals surface area (Å²) in [4.78, 5) is 45.8. The summed E-state index contributed by atoms with van der Waals surface area (Å²) >= 11 is 0. The van der Waals surface area contributed by atoms with Crippen molar-refractivity contribution in [2.75, 3.05) is 0 Å². The summed E-state index contributed by atoms with van der Waals surface area (Å²) in [6.07, 6.45) is 8.20. The average Bonchev–Trinajstić information content (AvgIpc) is 3.48. The fraction of sp³-hybridized carbons (Fsp3) is 0.533. The van der Waals surface area contributed by atoms with E-state index in [2.05, 4.69) is 49.7 Å². The predicted octanol–water partition coefficient (Wildman–Crippen LogP) is 4.84. The number of carbonyl (C=O) groups is 3. The molecule has 3 amide bonds. The summed E-state index contributed by atoms with van der Waals surface area (Å²) in [6.45, 7) is 8.53. The van der Waals surface area contributed by atoms with E-state index in [1.807, 2.05) is 32.0 Å². The maximum atomic E-state index is 13.7. The predicted molar refractivity (Wildman–Crippen MR) is 154 cm³/mol. The highest BCUT2D eigenvalue weighted by molar-refractivity contribution is 5.88. The van der Waals surface area contributed by atoms with Crippen molar-refractivity contribution in [3.63, 3.8) is 0 Å². The van der Waals surface area contributed by atoms with E-state index in [4.69, 9.17) is 0 Å². The van der Waals surface area contributed by atoms with Crippen molar-refractivity contribution in [2.24, 2.45) is 5.92 Å². The number of aromatic amines is 1. The molecule has 216 valence electrons. The summed E-state index contributed by atoms with van der Waals surface area (Å²) in [6, 6.07) is 6.48. The Labute approximate surface area is 235 Å². The Balaban J connectivity index is 1.60. The lowest BCUT2D eigenvalue weighted by atomic mass is 9.96. The lowest BCUT2D eigenvalue weighted by Gasteiger charge is -2.26. The third kappa shape index (κ3) is 7.03. The Morgan fingerprint density at radius 1 is 1.12 bits per heavy atom. The summed E-state index contributed by atoms with van der Waals surface area (Å²) in [5.41, 5.74) is 2.44. The lowest BCUT2D eigenvalue weighted by molar-refractivity contribution is -0.124. The van der Waals surface area contributed by atoms with Gasteiger partial charge in [-0.1, -0.05) is 51.3 Å². The Kier molecular flexibility index (Phi) is 9.50. The Morgan fingerprint density at radius 3 is 2.50 bits per heavy atom. The van der Waals surface area contributed by atoms with Crippen LogP contribution in [0, 0.1) is 12.8 Å². The molecular formula is C30H42N6O4. The van der Waals surface area contributed by atoms with Gasteiger partial charge in [0.05, 0.1) is 6.04 Å². The van der Waals surface area contributed by atoms with E-state index in [1.165, 1.54) is 6.42 Å². The number of rotatable bonds is 11. The van der Waals surface area contributed by atoms with Crippen LogP contribution in [-0.2, 0) is 17.8 Å². The van der Waals surface area contributed by atoms with Gasteiger partial charge in [0.25, 0.3) is 0 Å². The summed E-state index contributed by atoms with van der Waals surface area (Å²) in [7, 11) is 0. The third-order valence-electron chi connectivity index (χ3n) is 7.66. The number of amides is 3. The summed E-state index contributed by atoms with van der Waals surface area (Å²) < 4.78 is 2.15. The zero-order valence-corrected chi connectivity index (χ0v) is 23.9. The number of H-pyrrole nitrogens is 1. The van der Waals surface area contributed by atoms with Gasteiger partial charge in [0, 0.05) is 41.8 Å². The van der Waals surface area contributed by atoms with Gasteiger partial charge >= 0.3 is 12.0 Å². The van der Waals surface area contributed by atoms with Crippen molar-refractivity contribution < 1.29 is 19.5 Å². The van der Waals surface area contributed by atoms with E-state index >= 15 is 0 Å². The number of urea groups is 1. The van der Waals surface area contributed by atoms with E-state index in [0.29, 0.717) is 24.4 Å². The van der Waals surface area contributed by atoms with Crippen molar-refractivity contribution in [3.05, 3.63) is 53.2 Å². The van der Waals surface area contributed by atoms with Gasteiger partial charge in [-0.15, -0.1) is 0 Å². The van der Waals surface area contributed by atoms with Gasteiger partial charge in [0.15, 0.2) is 5.69 Å². The number of nitrogens with one attached hydrogen (secondary N) is 4. The maximum Gasteiger partial charge on any atom is 0.356 e. The van der Waals surface area contributed by atoms with Crippen LogP contribution in [0.1, 0.15) is 92.9 Å². The molecule has 10 heteroatoms. The number of benzene rings is 1. The molecule has 1 saturated carbocycles. The third-order valence-corrected chi connectivity index (χ3v) is 7.66. The number of carboxylic acids is 1. The van der Waals surface area contributed by atoms with Gasteiger partial charge in [-0.3, -0.25) is 4.79 Å². The minimum absolute atomic E-state index is 0.0750. The number of nitrogens with zero attached hydrogens (tertiary/aromatic N) is 2. The number of fused-ring (bicyclic) bond motifs is 1. The molecule has 0 bridgehead atoms. The van der Waals surface area contributed by atoms with Crippen molar-refractivity contribution >= 4 is 28.8 Å². The number of carboxylic acid groups (broad SMARTS) is 1. The molecule has 40 heavy (non-hydrogen) atoms. The van der Waals surface area contributed by atoms with Crippen molar-refractivity contribution in [1.29, 1.82) is 0 Å². The summed E-state index contributed by atoms with van der Waals surface area (Å²) in [5, 5.41) is 19.7. The first-order valence-electron chi connectivity index (χ1n) is 14.4. The fourth-order valence-corrected chi connectivity index (χ4v) is 5.65. The highest BCUT2D eigenvalue weighted by atomic mass is 16.4. The largest absolute Gasteiger partial charge is 0.476 e. The van der Waals surface area contributed by atoms with E-state index in [9.17, 15) is 19.5 Å². The topological polar surface area (TPSA) is 141 Å². The number of hydrogen-bond donors (Lipinski definition) is 5. The second-order valence-corrected chi connectivity index (χ2v) is 11.3. The van der Waals surface area contributed by atoms with Crippen molar-refractivity contribution in [2.45, 2.75) is 97.3 Å². The van der Waals surface area contributed by atoms with Crippen LogP contribution in [0.4, 0.5) is 4.79 Å². The lowest BCUT2D eigenvalue weighted by Crippen LogP contribution is -2.53. The normalized spacial score (nSPS) is 15.6. The monoisotopic (exact) mass is 550 g/mol. The molecule has 2 atom stereocenters. The molecule has 1 aliphatic rings.